The zero-order valence-electron chi connectivity index (χ0n) is 9.29. The van der Waals surface area contributed by atoms with E-state index in [0.717, 1.165) is 17.4 Å². The molecule has 1 unspecified atom stereocenters. The van der Waals surface area contributed by atoms with E-state index in [9.17, 15) is 0 Å². The van der Waals surface area contributed by atoms with Crippen LogP contribution in [0.4, 0.5) is 5.13 Å². The highest BCUT2D eigenvalue weighted by Gasteiger charge is 2.41. The Hall–Kier alpha value is -0.680. The van der Waals surface area contributed by atoms with Crippen LogP contribution >= 0.6 is 11.5 Å². The number of nitrogens with two attached hydrogens (primary N) is 1. The van der Waals surface area contributed by atoms with Crippen LogP contribution in [0.2, 0.25) is 0 Å². The fourth-order valence-corrected chi connectivity index (χ4v) is 2.52. The Morgan fingerprint density at radius 2 is 2.33 bits per heavy atom. The second kappa shape index (κ2) is 4.06. The van der Waals surface area contributed by atoms with Crippen LogP contribution in [0.3, 0.4) is 0 Å². The molecule has 1 aromatic heterocycles. The third-order valence-corrected chi connectivity index (χ3v) is 3.75. The molecule has 0 amide bonds. The van der Waals surface area contributed by atoms with Crippen molar-refractivity contribution < 1.29 is 0 Å². The molecule has 3 N–H and O–H groups in total. The van der Waals surface area contributed by atoms with E-state index in [1.807, 2.05) is 0 Å². The van der Waals surface area contributed by atoms with Gasteiger partial charge in [-0.3, -0.25) is 0 Å². The monoisotopic (exact) mass is 226 g/mol. The van der Waals surface area contributed by atoms with E-state index in [0.29, 0.717) is 12.5 Å². The van der Waals surface area contributed by atoms with Gasteiger partial charge in [-0.25, -0.2) is 4.98 Å². The van der Waals surface area contributed by atoms with Crippen molar-refractivity contribution in [1.82, 2.24) is 9.36 Å². The number of rotatable bonds is 5. The average molecular weight is 226 g/mol. The molecule has 4 nitrogen and oxygen atoms in total. The van der Waals surface area contributed by atoms with Crippen LogP contribution in [0.5, 0.6) is 0 Å². The Morgan fingerprint density at radius 3 is 2.80 bits per heavy atom. The highest BCUT2D eigenvalue weighted by atomic mass is 32.1. The van der Waals surface area contributed by atoms with Gasteiger partial charge in [0.15, 0.2) is 0 Å². The van der Waals surface area contributed by atoms with Gasteiger partial charge >= 0.3 is 0 Å². The lowest BCUT2D eigenvalue weighted by atomic mass is 9.96. The SMILES string of the molecule is CCc1nsc(NC(C)(CN)C2CC2)n1. The maximum Gasteiger partial charge on any atom is 0.203 e. The van der Waals surface area contributed by atoms with Gasteiger partial charge in [-0.15, -0.1) is 0 Å². The molecule has 1 saturated carbocycles. The number of nitrogens with zero attached hydrogens (tertiary/aromatic N) is 2. The van der Waals surface area contributed by atoms with Crippen molar-refractivity contribution in [1.29, 1.82) is 0 Å². The van der Waals surface area contributed by atoms with Gasteiger partial charge in [-0.05, 0) is 25.7 Å². The highest BCUT2D eigenvalue weighted by molar-refractivity contribution is 7.09. The van der Waals surface area contributed by atoms with Gasteiger partial charge in [0, 0.05) is 24.5 Å². The van der Waals surface area contributed by atoms with Crippen LogP contribution in [0.15, 0.2) is 0 Å². The van der Waals surface area contributed by atoms with Gasteiger partial charge < -0.3 is 11.1 Å². The summed E-state index contributed by atoms with van der Waals surface area (Å²) in [6, 6.07) is 0. The minimum atomic E-state index is 0.00451. The number of hydrogen-bond acceptors (Lipinski definition) is 5. The van der Waals surface area contributed by atoms with Gasteiger partial charge in [-0.1, -0.05) is 6.92 Å². The molecule has 1 fully saturated rings. The molecule has 0 aromatic carbocycles. The first kappa shape index (κ1) is 10.8. The summed E-state index contributed by atoms with van der Waals surface area (Å²) in [6.45, 7) is 4.89. The van der Waals surface area contributed by atoms with Crippen LogP contribution in [0, 0.1) is 5.92 Å². The molecular formula is C10H18N4S. The molecule has 0 saturated heterocycles. The van der Waals surface area contributed by atoms with Crippen LogP contribution in [-0.4, -0.2) is 21.4 Å². The molecular weight excluding hydrogens is 208 g/mol. The predicted octanol–water partition coefficient (Wildman–Crippen LogP) is 1.64. The number of aromatic nitrogens is 2. The van der Waals surface area contributed by atoms with Gasteiger partial charge in [0.1, 0.15) is 5.82 Å². The molecule has 1 aromatic rings. The molecule has 1 heterocycles. The van der Waals surface area contributed by atoms with Gasteiger partial charge in [0.2, 0.25) is 5.13 Å². The summed E-state index contributed by atoms with van der Waals surface area (Å²) in [4.78, 5) is 4.41. The fraction of sp³-hybridized carbons (Fsp3) is 0.800. The Kier molecular flexibility index (Phi) is 2.93. The van der Waals surface area contributed by atoms with E-state index < -0.39 is 0 Å². The zero-order valence-corrected chi connectivity index (χ0v) is 10.1. The Balaban J connectivity index is 2.05. The summed E-state index contributed by atoms with van der Waals surface area (Å²) in [5, 5.41) is 4.35. The zero-order chi connectivity index (χ0) is 10.9. The minimum Gasteiger partial charge on any atom is -0.354 e. The van der Waals surface area contributed by atoms with Crippen molar-refractivity contribution in [3.05, 3.63) is 5.82 Å². The summed E-state index contributed by atoms with van der Waals surface area (Å²) >= 11 is 1.43. The molecule has 1 atom stereocenters. The third-order valence-electron chi connectivity index (χ3n) is 3.08. The van der Waals surface area contributed by atoms with E-state index in [1.165, 1.54) is 24.4 Å². The van der Waals surface area contributed by atoms with E-state index in [1.54, 1.807) is 0 Å². The van der Waals surface area contributed by atoms with Crippen molar-refractivity contribution >= 4 is 16.7 Å². The largest absolute Gasteiger partial charge is 0.354 e. The Labute approximate surface area is 94.5 Å². The van der Waals surface area contributed by atoms with Crippen LogP contribution in [0.25, 0.3) is 0 Å². The predicted molar refractivity (Wildman–Crippen MR) is 63.1 cm³/mol. The number of hydrogen-bond donors (Lipinski definition) is 2. The number of nitrogens with one attached hydrogen (secondary N) is 1. The van der Waals surface area contributed by atoms with Crippen LogP contribution in [0.1, 0.15) is 32.5 Å². The molecule has 0 aliphatic heterocycles. The van der Waals surface area contributed by atoms with E-state index in [2.05, 4.69) is 28.5 Å². The Morgan fingerprint density at radius 1 is 1.60 bits per heavy atom. The van der Waals surface area contributed by atoms with E-state index in [-0.39, 0.29) is 5.54 Å². The summed E-state index contributed by atoms with van der Waals surface area (Å²) < 4.78 is 4.26. The molecule has 1 aliphatic rings. The lowest BCUT2D eigenvalue weighted by molar-refractivity contribution is 0.459. The summed E-state index contributed by atoms with van der Waals surface area (Å²) in [5.41, 5.74) is 5.83. The van der Waals surface area contributed by atoms with Crippen molar-refractivity contribution in [3.8, 4) is 0 Å². The molecule has 84 valence electrons. The second-order valence-corrected chi connectivity index (χ2v) is 5.14. The van der Waals surface area contributed by atoms with Crippen LogP contribution < -0.4 is 11.1 Å². The first-order chi connectivity index (χ1) is 7.18. The van der Waals surface area contributed by atoms with E-state index >= 15 is 0 Å². The lowest BCUT2D eigenvalue weighted by Crippen LogP contribution is -2.44. The average Bonchev–Trinajstić information content (AvgIpc) is 3.01. The highest BCUT2D eigenvalue weighted by Crippen LogP contribution is 2.41. The van der Waals surface area contributed by atoms with Crippen molar-refractivity contribution in [2.45, 2.75) is 38.6 Å². The van der Waals surface area contributed by atoms with Gasteiger partial charge in [-0.2, -0.15) is 4.37 Å². The molecule has 2 rings (SSSR count). The van der Waals surface area contributed by atoms with Crippen LogP contribution in [-0.2, 0) is 6.42 Å². The maximum atomic E-state index is 5.83. The first-order valence-electron chi connectivity index (χ1n) is 5.49. The number of anilines is 1. The standard InChI is InChI=1S/C10H18N4S/c1-3-8-12-9(15-14-8)13-10(2,6-11)7-4-5-7/h7H,3-6,11H2,1-2H3,(H,12,13,14). The second-order valence-electron chi connectivity index (χ2n) is 4.39. The normalized spacial score (nSPS) is 19.9. The summed E-state index contributed by atoms with van der Waals surface area (Å²) in [5.74, 6) is 1.62. The molecule has 0 bridgehead atoms. The molecule has 1 aliphatic carbocycles. The van der Waals surface area contributed by atoms with Crippen molar-refractivity contribution in [3.63, 3.8) is 0 Å². The fourth-order valence-electron chi connectivity index (χ4n) is 1.73. The van der Waals surface area contributed by atoms with E-state index in [4.69, 9.17) is 5.73 Å². The van der Waals surface area contributed by atoms with Crippen molar-refractivity contribution in [2.24, 2.45) is 11.7 Å². The van der Waals surface area contributed by atoms with Gasteiger partial charge in [0.25, 0.3) is 0 Å². The molecule has 5 heteroatoms. The maximum absolute atomic E-state index is 5.83. The lowest BCUT2D eigenvalue weighted by Gasteiger charge is -2.28. The smallest absolute Gasteiger partial charge is 0.203 e. The molecule has 0 spiro atoms. The topological polar surface area (TPSA) is 63.8 Å². The quantitative estimate of drug-likeness (QED) is 0.801. The summed E-state index contributed by atoms with van der Waals surface area (Å²) in [7, 11) is 0. The minimum absolute atomic E-state index is 0.00451. The first-order valence-corrected chi connectivity index (χ1v) is 6.26. The van der Waals surface area contributed by atoms with Gasteiger partial charge in [0.05, 0.1) is 5.54 Å². The summed E-state index contributed by atoms with van der Waals surface area (Å²) in [6.07, 6.45) is 3.45. The third kappa shape index (κ3) is 2.29. The number of aryl methyl sites for hydroxylation is 1. The molecule has 0 radical (unpaired) electrons. The Bertz CT molecular complexity index is 334. The molecule has 15 heavy (non-hydrogen) atoms. The van der Waals surface area contributed by atoms with Crippen molar-refractivity contribution in [2.75, 3.05) is 11.9 Å².